The van der Waals surface area contributed by atoms with Crippen molar-refractivity contribution < 1.29 is 8.42 Å². The Hall–Kier alpha value is -1.56. The molecular weight excluding hydrogens is 310 g/mol. The highest BCUT2D eigenvalue weighted by molar-refractivity contribution is 7.91. The minimum absolute atomic E-state index is 0.154. The number of guanidine groups is 1. The summed E-state index contributed by atoms with van der Waals surface area (Å²) in [5.41, 5.74) is 2.48. The van der Waals surface area contributed by atoms with Gasteiger partial charge in [0, 0.05) is 26.7 Å². The molecule has 0 radical (unpaired) electrons. The van der Waals surface area contributed by atoms with E-state index in [4.69, 9.17) is 0 Å². The molecule has 0 spiro atoms. The average molecular weight is 337 g/mol. The van der Waals surface area contributed by atoms with E-state index in [1.807, 2.05) is 14.0 Å². The lowest BCUT2D eigenvalue weighted by Crippen LogP contribution is -2.38. The predicted molar refractivity (Wildman–Crippen MR) is 95.4 cm³/mol. The molecule has 23 heavy (non-hydrogen) atoms. The van der Waals surface area contributed by atoms with Gasteiger partial charge >= 0.3 is 0 Å². The first-order valence-electron chi connectivity index (χ1n) is 8.15. The van der Waals surface area contributed by atoms with Crippen LogP contribution in [0, 0.1) is 12.8 Å². The molecular formula is C17H27N3O2S. The lowest BCUT2D eigenvalue weighted by molar-refractivity contribution is 0.472. The van der Waals surface area contributed by atoms with E-state index >= 15 is 0 Å². The molecule has 1 aromatic rings. The fourth-order valence-corrected chi connectivity index (χ4v) is 4.59. The zero-order chi connectivity index (χ0) is 16.9. The third-order valence-electron chi connectivity index (χ3n) is 4.06. The number of benzene rings is 1. The number of aryl methyl sites for hydroxylation is 1. The van der Waals surface area contributed by atoms with Crippen LogP contribution in [0.4, 0.5) is 0 Å². The molecule has 0 bridgehead atoms. The molecule has 1 heterocycles. The summed E-state index contributed by atoms with van der Waals surface area (Å²) in [5.74, 6) is 1.57. The predicted octanol–water partition coefficient (Wildman–Crippen LogP) is 1.83. The third kappa shape index (κ3) is 5.53. The summed E-state index contributed by atoms with van der Waals surface area (Å²) >= 11 is 0. The molecule has 1 N–H and O–H groups in total. The number of sulfone groups is 1. The van der Waals surface area contributed by atoms with Crippen LogP contribution < -0.4 is 5.32 Å². The molecule has 2 rings (SSSR count). The van der Waals surface area contributed by atoms with E-state index in [1.54, 1.807) is 0 Å². The number of aliphatic imine (C=N–C) groups is 1. The smallest absolute Gasteiger partial charge is 0.193 e. The van der Waals surface area contributed by atoms with Crippen molar-refractivity contribution in [2.75, 3.05) is 31.6 Å². The van der Waals surface area contributed by atoms with Gasteiger partial charge in [-0.1, -0.05) is 29.8 Å². The Morgan fingerprint density at radius 1 is 1.35 bits per heavy atom. The fourth-order valence-electron chi connectivity index (χ4n) is 2.74. The van der Waals surface area contributed by atoms with E-state index in [0.29, 0.717) is 12.3 Å². The van der Waals surface area contributed by atoms with E-state index in [9.17, 15) is 8.42 Å². The van der Waals surface area contributed by atoms with Crippen molar-refractivity contribution in [3.8, 4) is 0 Å². The van der Waals surface area contributed by atoms with E-state index in [-0.39, 0.29) is 11.7 Å². The molecule has 6 heteroatoms. The number of hydrogen-bond donors (Lipinski definition) is 1. The first kappa shape index (κ1) is 17.8. The maximum absolute atomic E-state index is 11.5. The van der Waals surface area contributed by atoms with Gasteiger partial charge in [-0.2, -0.15) is 0 Å². The van der Waals surface area contributed by atoms with Crippen LogP contribution in [-0.2, 0) is 16.4 Å². The second-order valence-corrected chi connectivity index (χ2v) is 8.53. The molecule has 5 nitrogen and oxygen atoms in total. The molecule has 0 amide bonds. The maximum atomic E-state index is 11.5. The van der Waals surface area contributed by atoms with Gasteiger partial charge in [0.15, 0.2) is 15.8 Å². The highest BCUT2D eigenvalue weighted by atomic mass is 32.2. The normalized spacial score (nSPS) is 20.5. The van der Waals surface area contributed by atoms with Crippen molar-refractivity contribution in [3.63, 3.8) is 0 Å². The monoisotopic (exact) mass is 337 g/mol. The third-order valence-corrected chi connectivity index (χ3v) is 5.90. The maximum Gasteiger partial charge on any atom is 0.193 e. The molecule has 1 aliphatic heterocycles. The van der Waals surface area contributed by atoms with Crippen LogP contribution in [0.1, 0.15) is 24.5 Å². The highest BCUT2D eigenvalue weighted by Crippen LogP contribution is 2.18. The number of hydrogen-bond acceptors (Lipinski definition) is 3. The van der Waals surface area contributed by atoms with Gasteiger partial charge in [0.05, 0.1) is 11.5 Å². The van der Waals surface area contributed by atoms with Gasteiger partial charge in [0.1, 0.15) is 0 Å². The molecule has 1 unspecified atom stereocenters. The van der Waals surface area contributed by atoms with Crippen molar-refractivity contribution in [3.05, 3.63) is 35.4 Å². The first-order valence-corrected chi connectivity index (χ1v) is 9.97. The van der Waals surface area contributed by atoms with Crippen molar-refractivity contribution in [2.45, 2.75) is 26.8 Å². The lowest BCUT2D eigenvalue weighted by Gasteiger charge is -2.22. The Morgan fingerprint density at radius 2 is 2.04 bits per heavy atom. The van der Waals surface area contributed by atoms with Crippen LogP contribution in [0.15, 0.2) is 29.3 Å². The standard InChI is InChI=1S/C17H27N3O2S/c1-4-18-17(19-11-16-9-10-23(21,22)13-16)20(3)12-15-7-5-14(2)6-8-15/h5-8,16H,4,9-13H2,1-3H3,(H,18,19). The van der Waals surface area contributed by atoms with Crippen LogP contribution in [0.25, 0.3) is 0 Å². The van der Waals surface area contributed by atoms with E-state index < -0.39 is 9.84 Å². The average Bonchev–Trinajstić information content (AvgIpc) is 2.85. The molecule has 0 aromatic heterocycles. The summed E-state index contributed by atoms with van der Waals surface area (Å²) in [7, 11) is -0.825. The molecule has 0 aliphatic carbocycles. The first-order chi connectivity index (χ1) is 10.9. The van der Waals surface area contributed by atoms with Gasteiger partial charge in [-0.3, -0.25) is 4.99 Å². The van der Waals surface area contributed by atoms with Gasteiger partial charge < -0.3 is 10.2 Å². The minimum atomic E-state index is -2.83. The van der Waals surface area contributed by atoms with Crippen molar-refractivity contribution >= 4 is 15.8 Å². The molecule has 1 atom stereocenters. The van der Waals surface area contributed by atoms with Crippen LogP contribution in [0.5, 0.6) is 0 Å². The van der Waals surface area contributed by atoms with Gasteiger partial charge in [-0.05, 0) is 31.7 Å². The zero-order valence-electron chi connectivity index (χ0n) is 14.2. The topological polar surface area (TPSA) is 61.8 Å². The van der Waals surface area contributed by atoms with E-state index in [1.165, 1.54) is 11.1 Å². The quantitative estimate of drug-likeness (QED) is 0.658. The highest BCUT2D eigenvalue weighted by Gasteiger charge is 2.27. The van der Waals surface area contributed by atoms with E-state index in [2.05, 4.69) is 46.4 Å². The molecule has 128 valence electrons. The van der Waals surface area contributed by atoms with Gasteiger partial charge in [-0.25, -0.2) is 8.42 Å². The van der Waals surface area contributed by atoms with Crippen LogP contribution in [-0.4, -0.2) is 50.9 Å². The number of nitrogens with one attached hydrogen (secondary N) is 1. The summed E-state index contributed by atoms with van der Waals surface area (Å²) in [6.07, 6.45) is 0.729. The second-order valence-electron chi connectivity index (χ2n) is 6.31. The molecule has 0 saturated carbocycles. The SMILES string of the molecule is CCNC(=NCC1CCS(=O)(=O)C1)N(C)Cc1ccc(C)cc1. The second kappa shape index (κ2) is 7.81. The molecule has 1 aromatic carbocycles. The number of nitrogens with zero attached hydrogens (tertiary/aromatic N) is 2. The number of rotatable bonds is 5. The Bertz CT molecular complexity index is 638. The van der Waals surface area contributed by atoms with Crippen LogP contribution in [0.3, 0.4) is 0 Å². The Morgan fingerprint density at radius 3 is 2.61 bits per heavy atom. The van der Waals surface area contributed by atoms with Crippen molar-refractivity contribution in [2.24, 2.45) is 10.9 Å². The Kier molecular flexibility index (Phi) is 6.04. The van der Waals surface area contributed by atoms with Gasteiger partial charge in [-0.15, -0.1) is 0 Å². The summed E-state index contributed by atoms with van der Waals surface area (Å²) in [6, 6.07) is 8.46. The largest absolute Gasteiger partial charge is 0.357 e. The molecule has 1 saturated heterocycles. The van der Waals surface area contributed by atoms with Gasteiger partial charge in [0.25, 0.3) is 0 Å². The fraction of sp³-hybridized carbons (Fsp3) is 0.588. The van der Waals surface area contributed by atoms with Crippen molar-refractivity contribution in [1.29, 1.82) is 0 Å². The summed E-state index contributed by atoms with van der Waals surface area (Å²) in [4.78, 5) is 6.72. The van der Waals surface area contributed by atoms with E-state index in [0.717, 1.165) is 25.5 Å². The molecule has 1 aliphatic rings. The van der Waals surface area contributed by atoms with Crippen LogP contribution in [0.2, 0.25) is 0 Å². The molecule has 1 fully saturated rings. The van der Waals surface area contributed by atoms with Crippen LogP contribution >= 0.6 is 0 Å². The zero-order valence-corrected chi connectivity index (χ0v) is 15.1. The summed E-state index contributed by atoms with van der Waals surface area (Å²) < 4.78 is 23.1. The van der Waals surface area contributed by atoms with Crippen molar-refractivity contribution in [1.82, 2.24) is 10.2 Å². The minimum Gasteiger partial charge on any atom is -0.357 e. The Labute approximate surface area is 139 Å². The van der Waals surface area contributed by atoms with Gasteiger partial charge in [0.2, 0.25) is 0 Å². The summed E-state index contributed by atoms with van der Waals surface area (Å²) in [6.45, 7) is 6.25. The summed E-state index contributed by atoms with van der Waals surface area (Å²) in [5, 5.41) is 3.29. The lowest BCUT2D eigenvalue weighted by atomic mass is 10.1. The Balaban J connectivity index is 1.98.